The quantitative estimate of drug-likeness (QED) is 0.440. The molecule has 1 heterocycles. The molecule has 7 heteroatoms. The zero-order valence-electron chi connectivity index (χ0n) is 18.8. The van der Waals surface area contributed by atoms with E-state index in [9.17, 15) is 14.4 Å². The molecule has 0 bridgehead atoms. The van der Waals surface area contributed by atoms with E-state index in [1.807, 2.05) is 48.7 Å². The maximum Gasteiger partial charge on any atom is 0.251 e. The van der Waals surface area contributed by atoms with E-state index >= 15 is 0 Å². The fourth-order valence-electron chi connectivity index (χ4n) is 3.39. The summed E-state index contributed by atoms with van der Waals surface area (Å²) in [7, 11) is 0. The molecule has 0 aliphatic carbocycles. The molecule has 2 aromatic carbocycles. The monoisotopic (exact) mass is 463 g/mol. The summed E-state index contributed by atoms with van der Waals surface area (Å²) in [6.07, 6.45) is 2.06. The van der Waals surface area contributed by atoms with Crippen molar-refractivity contribution < 1.29 is 14.4 Å². The minimum Gasteiger partial charge on any atom is -0.343 e. The first-order valence-corrected chi connectivity index (χ1v) is 12.0. The van der Waals surface area contributed by atoms with Crippen molar-refractivity contribution in [3.8, 4) is 0 Å². The largest absolute Gasteiger partial charge is 0.343 e. The molecule has 2 N–H and O–H groups in total. The second-order valence-corrected chi connectivity index (χ2v) is 8.67. The number of aryl methyl sites for hydroxylation is 1. The summed E-state index contributed by atoms with van der Waals surface area (Å²) in [6.45, 7) is 2.88. The average molecular weight is 464 g/mol. The molecule has 6 nitrogen and oxygen atoms in total. The van der Waals surface area contributed by atoms with E-state index in [0.717, 1.165) is 18.4 Å². The normalized spacial score (nSPS) is 10.5. The van der Waals surface area contributed by atoms with Crippen LogP contribution in [0.15, 0.2) is 72.1 Å². The first-order chi connectivity index (χ1) is 16.0. The topological polar surface area (TPSA) is 78.5 Å². The minimum atomic E-state index is -0.354. The predicted molar refractivity (Wildman–Crippen MR) is 132 cm³/mol. The lowest BCUT2D eigenvalue weighted by Crippen LogP contribution is -2.39. The molecule has 0 spiro atoms. The Morgan fingerprint density at radius 1 is 0.970 bits per heavy atom. The van der Waals surface area contributed by atoms with Crippen molar-refractivity contribution in [2.24, 2.45) is 0 Å². The van der Waals surface area contributed by atoms with Crippen LogP contribution in [-0.2, 0) is 22.6 Å². The number of carbonyl (C=O) groups is 3. The second kappa shape index (κ2) is 12.6. The van der Waals surface area contributed by atoms with Crippen LogP contribution in [0.5, 0.6) is 0 Å². The highest BCUT2D eigenvalue weighted by Gasteiger charge is 2.15. The van der Waals surface area contributed by atoms with E-state index < -0.39 is 0 Å². The zero-order valence-corrected chi connectivity index (χ0v) is 19.6. The highest BCUT2D eigenvalue weighted by molar-refractivity contribution is 7.09. The molecule has 0 unspecified atom stereocenters. The molecule has 0 atom stereocenters. The van der Waals surface area contributed by atoms with Gasteiger partial charge in [0.15, 0.2) is 0 Å². The average Bonchev–Trinajstić information content (AvgIpc) is 3.35. The van der Waals surface area contributed by atoms with Crippen molar-refractivity contribution in [3.63, 3.8) is 0 Å². The molecule has 1 aromatic heterocycles. The second-order valence-electron chi connectivity index (χ2n) is 7.64. The number of hydrogen-bond donors (Lipinski definition) is 2. The Kier molecular flexibility index (Phi) is 9.20. The summed E-state index contributed by atoms with van der Waals surface area (Å²) in [6, 6.07) is 20.6. The van der Waals surface area contributed by atoms with Crippen molar-refractivity contribution in [2.45, 2.75) is 32.7 Å². The van der Waals surface area contributed by atoms with Gasteiger partial charge >= 0.3 is 0 Å². The van der Waals surface area contributed by atoms with E-state index in [1.165, 1.54) is 4.88 Å². The first-order valence-electron chi connectivity index (χ1n) is 11.1. The van der Waals surface area contributed by atoms with Gasteiger partial charge in [0.25, 0.3) is 5.91 Å². The van der Waals surface area contributed by atoms with Crippen molar-refractivity contribution in [2.75, 3.05) is 18.4 Å². The molecule has 0 radical (unpaired) electrons. The molecular formula is C26H29N3O3S. The summed E-state index contributed by atoms with van der Waals surface area (Å²) in [5.41, 5.74) is 2.00. The van der Waals surface area contributed by atoms with Crippen LogP contribution < -0.4 is 10.6 Å². The van der Waals surface area contributed by atoms with Crippen molar-refractivity contribution in [1.29, 1.82) is 0 Å². The van der Waals surface area contributed by atoms with Gasteiger partial charge in [-0.05, 0) is 55.0 Å². The SMILES string of the molecule is CCN(Cc1ccccc1)C(=O)CNC(=O)c1cccc(NC(=O)CCCc2cccs2)c1. The number of anilines is 1. The van der Waals surface area contributed by atoms with Gasteiger partial charge in [-0.2, -0.15) is 0 Å². The van der Waals surface area contributed by atoms with E-state index in [4.69, 9.17) is 0 Å². The molecule has 3 amide bonds. The Morgan fingerprint density at radius 3 is 2.52 bits per heavy atom. The summed E-state index contributed by atoms with van der Waals surface area (Å²) in [5.74, 6) is -0.586. The van der Waals surface area contributed by atoms with Crippen LogP contribution in [0, 0.1) is 0 Å². The van der Waals surface area contributed by atoms with Crippen LogP contribution in [0.3, 0.4) is 0 Å². The van der Waals surface area contributed by atoms with E-state index in [-0.39, 0.29) is 24.3 Å². The van der Waals surface area contributed by atoms with Gasteiger partial charge in [0.2, 0.25) is 11.8 Å². The number of thiophene rings is 1. The number of amides is 3. The fraction of sp³-hybridized carbons (Fsp3) is 0.269. The van der Waals surface area contributed by atoms with Crippen LogP contribution in [-0.4, -0.2) is 35.7 Å². The van der Waals surface area contributed by atoms with Crippen LogP contribution in [0.2, 0.25) is 0 Å². The van der Waals surface area contributed by atoms with Gasteiger partial charge in [-0.25, -0.2) is 0 Å². The Labute approximate surface area is 198 Å². The number of carbonyl (C=O) groups excluding carboxylic acids is 3. The van der Waals surface area contributed by atoms with Gasteiger partial charge in [-0.15, -0.1) is 11.3 Å². The van der Waals surface area contributed by atoms with Crippen molar-refractivity contribution in [3.05, 3.63) is 88.1 Å². The Bertz CT molecular complexity index is 1050. The standard InChI is InChI=1S/C26H29N3O3S/c1-2-29(19-20-9-4-3-5-10-20)25(31)18-27-26(32)21-11-6-12-22(17-21)28-24(30)15-7-13-23-14-8-16-33-23/h3-6,8-12,14,16-17H,2,7,13,15,18-19H2,1H3,(H,27,32)(H,28,30). The maximum absolute atomic E-state index is 12.6. The molecule has 0 aliphatic heterocycles. The van der Waals surface area contributed by atoms with Gasteiger partial charge in [-0.1, -0.05) is 42.5 Å². The zero-order chi connectivity index (χ0) is 23.5. The number of hydrogen-bond acceptors (Lipinski definition) is 4. The molecule has 3 rings (SSSR count). The Balaban J connectivity index is 1.47. The Morgan fingerprint density at radius 2 is 1.79 bits per heavy atom. The molecule has 33 heavy (non-hydrogen) atoms. The van der Waals surface area contributed by atoms with Crippen molar-refractivity contribution in [1.82, 2.24) is 10.2 Å². The molecule has 0 saturated heterocycles. The van der Waals surface area contributed by atoms with Gasteiger partial charge in [0, 0.05) is 35.6 Å². The van der Waals surface area contributed by atoms with E-state index in [1.54, 1.807) is 40.5 Å². The molecular weight excluding hydrogens is 434 g/mol. The Hall–Kier alpha value is -3.45. The van der Waals surface area contributed by atoms with Gasteiger partial charge < -0.3 is 15.5 Å². The highest BCUT2D eigenvalue weighted by atomic mass is 32.1. The van der Waals surface area contributed by atoms with Crippen LogP contribution in [0.1, 0.15) is 40.6 Å². The number of nitrogens with zero attached hydrogens (tertiary/aromatic N) is 1. The first kappa shape index (κ1) is 24.2. The maximum atomic E-state index is 12.6. The molecule has 0 aliphatic rings. The number of likely N-dealkylation sites (N-methyl/N-ethyl adjacent to an activating group) is 1. The van der Waals surface area contributed by atoms with Crippen LogP contribution in [0.25, 0.3) is 0 Å². The number of rotatable bonds is 11. The summed E-state index contributed by atoms with van der Waals surface area (Å²) in [4.78, 5) is 40.3. The summed E-state index contributed by atoms with van der Waals surface area (Å²) >= 11 is 1.69. The summed E-state index contributed by atoms with van der Waals surface area (Å²) in [5, 5.41) is 7.56. The van der Waals surface area contributed by atoms with Crippen molar-refractivity contribution >= 4 is 34.7 Å². The van der Waals surface area contributed by atoms with Gasteiger partial charge in [0.05, 0.1) is 6.54 Å². The third-order valence-electron chi connectivity index (χ3n) is 5.17. The molecule has 172 valence electrons. The number of benzene rings is 2. The summed E-state index contributed by atoms with van der Waals surface area (Å²) < 4.78 is 0. The van der Waals surface area contributed by atoms with Gasteiger partial charge in [0.1, 0.15) is 0 Å². The number of nitrogens with one attached hydrogen (secondary N) is 2. The predicted octanol–water partition coefficient (Wildman–Crippen LogP) is 4.49. The van der Waals surface area contributed by atoms with Crippen LogP contribution >= 0.6 is 11.3 Å². The lowest BCUT2D eigenvalue weighted by atomic mass is 10.1. The third-order valence-corrected chi connectivity index (χ3v) is 6.10. The third kappa shape index (κ3) is 7.88. The van der Waals surface area contributed by atoms with Gasteiger partial charge in [-0.3, -0.25) is 14.4 Å². The molecule has 3 aromatic rings. The highest BCUT2D eigenvalue weighted by Crippen LogP contribution is 2.14. The lowest BCUT2D eigenvalue weighted by molar-refractivity contribution is -0.130. The smallest absolute Gasteiger partial charge is 0.251 e. The molecule has 0 saturated carbocycles. The fourth-order valence-corrected chi connectivity index (χ4v) is 4.14. The molecule has 0 fully saturated rings. The minimum absolute atomic E-state index is 0.0845. The lowest BCUT2D eigenvalue weighted by Gasteiger charge is -2.21. The van der Waals surface area contributed by atoms with E-state index in [0.29, 0.717) is 30.8 Å². The van der Waals surface area contributed by atoms with Crippen LogP contribution in [0.4, 0.5) is 5.69 Å². The van der Waals surface area contributed by atoms with E-state index in [2.05, 4.69) is 16.7 Å².